The van der Waals surface area contributed by atoms with E-state index in [2.05, 4.69) is 10.2 Å². The normalized spacial score (nSPS) is 26.6. The largest absolute Gasteiger partial charge is 0.394 e. The molecule has 1 saturated carbocycles. The molecule has 0 radical (unpaired) electrons. The van der Waals surface area contributed by atoms with Crippen molar-refractivity contribution >= 4 is 5.91 Å². The van der Waals surface area contributed by atoms with Gasteiger partial charge in [-0.2, -0.15) is 0 Å². The second-order valence-electron chi connectivity index (χ2n) is 6.10. The van der Waals surface area contributed by atoms with Crippen molar-refractivity contribution in [3.8, 4) is 0 Å². The summed E-state index contributed by atoms with van der Waals surface area (Å²) in [5, 5.41) is 20.9. The Morgan fingerprint density at radius 2 is 1.95 bits per heavy atom. The Kier molecular flexibility index (Phi) is 6.26. The SMILES string of the molecule is O=C(NCC[C@H](O)CO)C1CCCN1C1CCCCC1. The number of rotatable bonds is 6. The Balaban J connectivity index is 1.78. The van der Waals surface area contributed by atoms with Crippen molar-refractivity contribution in [1.82, 2.24) is 10.2 Å². The van der Waals surface area contributed by atoms with E-state index < -0.39 is 6.10 Å². The molecule has 1 aliphatic carbocycles. The first-order valence-corrected chi connectivity index (χ1v) is 8.04. The smallest absolute Gasteiger partial charge is 0.237 e. The fourth-order valence-corrected chi connectivity index (χ4v) is 3.49. The topological polar surface area (TPSA) is 72.8 Å². The summed E-state index contributed by atoms with van der Waals surface area (Å²) in [6, 6.07) is 0.606. The maximum absolute atomic E-state index is 12.3. The van der Waals surface area contributed by atoms with E-state index in [1.807, 2.05) is 0 Å². The Labute approximate surface area is 121 Å². The van der Waals surface area contributed by atoms with Crippen LogP contribution in [-0.4, -0.2) is 58.9 Å². The van der Waals surface area contributed by atoms with Gasteiger partial charge in [0, 0.05) is 12.6 Å². The number of nitrogens with one attached hydrogen (secondary N) is 1. The summed E-state index contributed by atoms with van der Waals surface area (Å²) >= 11 is 0. The first-order chi connectivity index (χ1) is 9.72. The highest BCUT2D eigenvalue weighted by Crippen LogP contribution is 2.29. The number of amides is 1. The number of hydrogen-bond acceptors (Lipinski definition) is 4. The van der Waals surface area contributed by atoms with Crippen molar-refractivity contribution in [3.63, 3.8) is 0 Å². The molecule has 1 unspecified atom stereocenters. The molecule has 5 nitrogen and oxygen atoms in total. The quantitative estimate of drug-likeness (QED) is 0.669. The van der Waals surface area contributed by atoms with Gasteiger partial charge >= 0.3 is 0 Å². The molecule has 0 aromatic carbocycles. The molecular weight excluding hydrogens is 256 g/mol. The van der Waals surface area contributed by atoms with Gasteiger partial charge in [-0.15, -0.1) is 0 Å². The van der Waals surface area contributed by atoms with Gasteiger partial charge in [-0.25, -0.2) is 0 Å². The van der Waals surface area contributed by atoms with E-state index in [0.717, 1.165) is 19.4 Å². The van der Waals surface area contributed by atoms with Gasteiger partial charge < -0.3 is 15.5 Å². The van der Waals surface area contributed by atoms with Crippen LogP contribution in [0.25, 0.3) is 0 Å². The van der Waals surface area contributed by atoms with Crippen LogP contribution in [0.2, 0.25) is 0 Å². The highest BCUT2D eigenvalue weighted by atomic mass is 16.3. The van der Waals surface area contributed by atoms with E-state index in [0.29, 0.717) is 19.0 Å². The Morgan fingerprint density at radius 3 is 2.65 bits per heavy atom. The highest BCUT2D eigenvalue weighted by Gasteiger charge is 2.35. The average molecular weight is 284 g/mol. The molecule has 2 rings (SSSR count). The van der Waals surface area contributed by atoms with Crippen molar-refractivity contribution in [1.29, 1.82) is 0 Å². The summed E-state index contributed by atoms with van der Waals surface area (Å²) in [6.45, 7) is 1.24. The minimum Gasteiger partial charge on any atom is -0.394 e. The molecule has 3 N–H and O–H groups in total. The average Bonchev–Trinajstić information content (AvgIpc) is 2.97. The van der Waals surface area contributed by atoms with Gasteiger partial charge in [-0.05, 0) is 38.6 Å². The monoisotopic (exact) mass is 284 g/mol. The van der Waals surface area contributed by atoms with Crippen LogP contribution in [-0.2, 0) is 4.79 Å². The Hall–Kier alpha value is -0.650. The lowest BCUT2D eigenvalue weighted by Crippen LogP contribution is -2.48. The molecular formula is C15H28N2O3. The minimum absolute atomic E-state index is 0.0179. The van der Waals surface area contributed by atoms with Crippen molar-refractivity contribution in [2.24, 2.45) is 0 Å². The number of carbonyl (C=O) groups excluding carboxylic acids is 1. The molecule has 1 aliphatic heterocycles. The van der Waals surface area contributed by atoms with Gasteiger partial charge in [0.2, 0.25) is 5.91 Å². The van der Waals surface area contributed by atoms with Crippen LogP contribution in [0, 0.1) is 0 Å². The van der Waals surface area contributed by atoms with Crippen molar-refractivity contribution in [2.45, 2.75) is 69.6 Å². The summed E-state index contributed by atoms with van der Waals surface area (Å²) in [7, 11) is 0. The third-order valence-electron chi connectivity index (χ3n) is 4.63. The molecule has 1 saturated heterocycles. The van der Waals surface area contributed by atoms with Gasteiger partial charge in [0.1, 0.15) is 0 Å². The fourth-order valence-electron chi connectivity index (χ4n) is 3.49. The molecule has 0 bridgehead atoms. The maximum atomic E-state index is 12.3. The first-order valence-electron chi connectivity index (χ1n) is 8.04. The van der Waals surface area contributed by atoms with E-state index >= 15 is 0 Å². The van der Waals surface area contributed by atoms with Gasteiger partial charge in [0.05, 0.1) is 18.8 Å². The molecule has 0 spiro atoms. The Morgan fingerprint density at radius 1 is 1.20 bits per heavy atom. The molecule has 2 atom stereocenters. The van der Waals surface area contributed by atoms with Gasteiger partial charge in [-0.3, -0.25) is 9.69 Å². The Bertz CT molecular complexity index is 305. The van der Waals surface area contributed by atoms with Gasteiger partial charge in [-0.1, -0.05) is 19.3 Å². The van der Waals surface area contributed by atoms with Crippen LogP contribution in [0.1, 0.15) is 51.4 Å². The molecule has 5 heteroatoms. The number of likely N-dealkylation sites (tertiary alicyclic amines) is 1. The number of carbonyl (C=O) groups is 1. The maximum Gasteiger partial charge on any atom is 0.237 e. The number of aliphatic hydroxyl groups is 2. The van der Waals surface area contributed by atoms with Crippen LogP contribution < -0.4 is 5.32 Å². The van der Waals surface area contributed by atoms with Crippen molar-refractivity contribution < 1.29 is 15.0 Å². The van der Waals surface area contributed by atoms with E-state index in [1.165, 1.54) is 32.1 Å². The zero-order chi connectivity index (χ0) is 14.4. The summed E-state index contributed by atoms with van der Waals surface area (Å²) in [5.41, 5.74) is 0. The van der Waals surface area contributed by atoms with Crippen molar-refractivity contribution in [3.05, 3.63) is 0 Å². The van der Waals surface area contributed by atoms with Crippen LogP contribution >= 0.6 is 0 Å². The van der Waals surface area contributed by atoms with Crippen LogP contribution in [0.15, 0.2) is 0 Å². The van der Waals surface area contributed by atoms with Gasteiger partial charge in [0.25, 0.3) is 0 Å². The fraction of sp³-hybridized carbons (Fsp3) is 0.933. The second kappa shape index (κ2) is 7.96. The molecule has 1 amide bonds. The van der Waals surface area contributed by atoms with Crippen molar-refractivity contribution in [2.75, 3.05) is 19.7 Å². The third-order valence-corrected chi connectivity index (χ3v) is 4.63. The zero-order valence-electron chi connectivity index (χ0n) is 12.3. The van der Waals surface area contributed by atoms with E-state index in [4.69, 9.17) is 5.11 Å². The second-order valence-corrected chi connectivity index (χ2v) is 6.10. The number of nitrogens with zero attached hydrogens (tertiary/aromatic N) is 1. The minimum atomic E-state index is -0.728. The molecule has 1 heterocycles. The molecule has 2 aliphatic rings. The summed E-state index contributed by atoms with van der Waals surface area (Å²) in [6.07, 6.45) is 8.11. The standard InChI is InChI=1S/C15H28N2O3/c18-11-13(19)8-9-16-15(20)14-7-4-10-17(14)12-5-2-1-3-6-12/h12-14,18-19H,1-11H2,(H,16,20)/t13-,14?/m0/s1. The van der Waals surface area contributed by atoms with E-state index in [9.17, 15) is 9.90 Å². The molecule has 2 fully saturated rings. The molecule has 0 aromatic heterocycles. The van der Waals surface area contributed by atoms with Crippen LogP contribution in [0.4, 0.5) is 0 Å². The van der Waals surface area contributed by atoms with Crippen LogP contribution in [0.5, 0.6) is 0 Å². The zero-order valence-corrected chi connectivity index (χ0v) is 12.3. The number of hydrogen-bond donors (Lipinski definition) is 3. The first kappa shape index (κ1) is 15.7. The molecule has 116 valence electrons. The third kappa shape index (κ3) is 4.17. The molecule has 0 aromatic rings. The number of aliphatic hydroxyl groups excluding tert-OH is 2. The summed E-state index contributed by atoms with van der Waals surface area (Å²) < 4.78 is 0. The van der Waals surface area contributed by atoms with E-state index in [1.54, 1.807) is 0 Å². The summed E-state index contributed by atoms with van der Waals surface area (Å²) in [4.78, 5) is 14.7. The predicted molar refractivity (Wildman–Crippen MR) is 77.3 cm³/mol. The summed E-state index contributed by atoms with van der Waals surface area (Å²) in [5.74, 6) is 0.0956. The lowest BCUT2D eigenvalue weighted by molar-refractivity contribution is -0.126. The lowest BCUT2D eigenvalue weighted by atomic mass is 9.93. The highest BCUT2D eigenvalue weighted by molar-refractivity contribution is 5.82. The van der Waals surface area contributed by atoms with E-state index in [-0.39, 0.29) is 18.6 Å². The van der Waals surface area contributed by atoms with Crippen LogP contribution in [0.3, 0.4) is 0 Å². The predicted octanol–water partition coefficient (Wildman–Crippen LogP) is 0.643. The van der Waals surface area contributed by atoms with Gasteiger partial charge in [0.15, 0.2) is 0 Å². The lowest BCUT2D eigenvalue weighted by Gasteiger charge is -2.34. The molecule has 20 heavy (non-hydrogen) atoms.